The molecule has 0 unspecified atom stereocenters. The lowest BCUT2D eigenvalue weighted by molar-refractivity contribution is -0.137. The van der Waals surface area contributed by atoms with Gasteiger partial charge in [-0.25, -0.2) is 0 Å². The van der Waals surface area contributed by atoms with Crippen LogP contribution < -0.4 is 5.73 Å². The third-order valence-corrected chi connectivity index (χ3v) is 3.26. The van der Waals surface area contributed by atoms with Gasteiger partial charge in [0, 0.05) is 7.05 Å². The van der Waals surface area contributed by atoms with E-state index in [1.165, 1.54) is 18.3 Å². The van der Waals surface area contributed by atoms with E-state index in [-0.39, 0.29) is 0 Å². The molecule has 21 heavy (non-hydrogen) atoms. The number of carbonyl (C=O) groups excluding carboxylic acids is 1. The quantitative estimate of drug-likeness (QED) is 0.941. The second-order valence-corrected chi connectivity index (χ2v) is 4.69. The molecular formula is C14H14F3N3O. The minimum absolute atomic E-state index is 0.337. The van der Waals surface area contributed by atoms with Crippen molar-refractivity contribution in [2.24, 2.45) is 12.8 Å². The van der Waals surface area contributed by atoms with Crippen molar-refractivity contribution in [3.63, 3.8) is 0 Å². The van der Waals surface area contributed by atoms with E-state index in [1.54, 1.807) is 11.7 Å². The first-order valence-electron chi connectivity index (χ1n) is 6.26. The van der Waals surface area contributed by atoms with Gasteiger partial charge in [0.1, 0.15) is 0 Å². The number of rotatable bonds is 4. The number of benzene rings is 1. The molecule has 2 aromatic rings. The molecule has 112 valence electrons. The number of nitrogens with two attached hydrogens (primary N) is 1. The minimum atomic E-state index is -4.33. The molecule has 0 aliphatic heterocycles. The molecular weight excluding hydrogens is 283 g/mol. The first-order valence-corrected chi connectivity index (χ1v) is 6.26. The predicted octanol–water partition coefficient (Wildman–Crippen LogP) is 2.32. The van der Waals surface area contributed by atoms with Crippen molar-refractivity contribution in [3.8, 4) is 0 Å². The van der Waals surface area contributed by atoms with Gasteiger partial charge in [-0.3, -0.25) is 9.48 Å². The second kappa shape index (κ2) is 5.59. The summed E-state index contributed by atoms with van der Waals surface area (Å²) in [7, 11) is 1.69. The highest BCUT2D eigenvalue weighted by Crippen LogP contribution is 2.29. The van der Waals surface area contributed by atoms with Gasteiger partial charge in [-0.15, -0.1) is 0 Å². The summed E-state index contributed by atoms with van der Waals surface area (Å²) in [6.45, 7) is 0. The SMILES string of the molecule is Cn1ncc(C(N)=O)c1CCc1ccc(C(F)(F)F)cc1. The van der Waals surface area contributed by atoms with Gasteiger partial charge in [0.15, 0.2) is 0 Å². The van der Waals surface area contributed by atoms with Gasteiger partial charge in [-0.2, -0.15) is 18.3 Å². The van der Waals surface area contributed by atoms with Crippen LogP contribution in [0.3, 0.4) is 0 Å². The number of alkyl halides is 3. The standard InChI is InChI=1S/C14H14F3N3O/c1-20-12(11(8-19-20)13(18)21)7-4-9-2-5-10(6-3-9)14(15,16)17/h2-3,5-6,8H,4,7H2,1H3,(H2,18,21). The molecule has 1 amide bonds. The summed E-state index contributed by atoms with van der Waals surface area (Å²) in [6.07, 6.45) is -1.97. The molecule has 0 saturated heterocycles. The smallest absolute Gasteiger partial charge is 0.365 e. The highest BCUT2D eigenvalue weighted by Gasteiger charge is 2.29. The highest BCUT2D eigenvalue weighted by molar-refractivity contribution is 5.93. The Kier molecular flexibility index (Phi) is 4.02. The van der Waals surface area contributed by atoms with Crippen molar-refractivity contribution in [2.75, 3.05) is 0 Å². The summed E-state index contributed by atoms with van der Waals surface area (Å²) in [4.78, 5) is 11.2. The lowest BCUT2D eigenvalue weighted by Gasteiger charge is -2.08. The number of aryl methyl sites for hydroxylation is 2. The molecule has 0 aliphatic rings. The summed E-state index contributed by atoms with van der Waals surface area (Å²) >= 11 is 0. The zero-order chi connectivity index (χ0) is 15.6. The predicted molar refractivity (Wildman–Crippen MR) is 70.6 cm³/mol. The number of hydrogen-bond donors (Lipinski definition) is 1. The molecule has 0 bridgehead atoms. The third-order valence-electron chi connectivity index (χ3n) is 3.26. The normalized spacial score (nSPS) is 11.6. The van der Waals surface area contributed by atoms with Crippen LogP contribution >= 0.6 is 0 Å². The van der Waals surface area contributed by atoms with E-state index < -0.39 is 17.6 Å². The van der Waals surface area contributed by atoms with E-state index in [4.69, 9.17) is 5.73 Å². The molecule has 0 spiro atoms. The van der Waals surface area contributed by atoms with Crippen LogP contribution in [-0.2, 0) is 26.1 Å². The Balaban J connectivity index is 2.10. The molecule has 2 rings (SSSR count). The van der Waals surface area contributed by atoms with Gasteiger partial charge in [-0.1, -0.05) is 12.1 Å². The van der Waals surface area contributed by atoms with E-state index >= 15 is 0 Å². The maximum atomic E-state index is 12.5. The van der Waals surface area contributed by atoms with Crippen LogP contribution in [0.15, 0.2) is 30.5 Å². The van der Waals surface area contributed by atoms with Crippen molar-refractivity contribution >= 4 is 5.91 Å². The van der Waals surface area contributed by atoms with Crippen molar-refractivity contribution < 1.29 is 18.0 Å². The van der Waals surface area contributed by atoms with Crippen molar-refractivity contribution in [1.82, 2.24) is 9.78 Å². The van der Waals surface area contributed by atoms with Crippen LogP contribution in [-0.4, -0.2) is 15.7 Å². The molecule has 0 aliphatic carbocycles. The van der Waals surface area contributed by atoms with E-state index in [2.05, 4.69) is 5.10 Å². The average Bonchev–Trinajstić information content (AvgIpc) is 2.77. The fourth-order valence-corrected chi connectivity index (χ4v) is 2.09. The lowest BCUT2D eigenvalue weighted by Crippen LogP contribution is -2.14. The molecule has 4 nitrogen and oxygen atoms in total. The molecule has 0 saturated carbocycles. The van der Waals surface area contributed by atoms with Gasteiger partial charge >= 0.3 is 6.18 Å². The topological polar surface area (TPSA) is 60.9 Å². The Bertz CT molecular complexity index is 644. The Morgan fingerprint density at radius 2 is 1.86 bits per heavy atom. The number of hydrogen-bond acceptors (Lipinski definition) is 2. The molecule has 7 heteroatoms. The Labute approximate surface area is 119 Å². The number of amides is 1. The number of aromatic nitrogens is 2. The van der Waals surface area contributed by atoms with Crippen LogP contribution in [0.1, 0.15) is 27.2 Å². The first kappa shape index (κ1) is 15.1. The largest absolute Gasteiger partial charge is 0.416 e. The number of halogens is 3. The van der Waals surface area contributed by atoms with Crippen LogP contribution in [0.2, 0.25) is 0 Å². The minimum Gasteiger partial charge on any atom is -0.365 e. The monoisotopic (exact) mass is 297 g/mol. The molecule has 1 aromatic heterocycles. The van der Waals surface area contributed by atoms with E-state index in [1.807, 2.05) is 0 Å². The van der Waals surface area contributed by atoms with Crippen LogP contribution in [0.25, 0.3) is 0 Å². The summed E-state index contributed by atoms with van der Waals surface area (Å²) in [5.41, 5.74) is 6.33. The lowest BCUT2D eigenvalue weighted by atomic mass is 10.0. The molecule has 2 N–H and O–H groups in total. The fourth-order valence-electron chi connectivity index (χ4n) is 2.09. The van der Waals surface area contributed by atoms with Crippen LogP contribution in [0.4, 0.5) is 13.2 Å². The molecule has 0 radical (unpaired) electrons. The number of nitrogens with zero attached hydrogens (tertiary/aromatic N) is 2. The second-order valence-electron chi connectivity index (χ2n) is 4.69. The Hall–Kier alpha value is -2.31. The highest BCUT2D eigenvalue weighted by atomic mass is 19.4. The number of primary amides is 1. The molecule has 0 fully saturated rings. The van der Waals surface area contributed by atoms with E-state index in [0.29, 0.717) is 24.1 Å². The zero-order valence-corrected chi connectivity index (χ0v) is 11.3. The zero-order valence-electron chi connectivity index (χ0n) is 11.3. The summed E-state index contributed by atoms with van der Waals surface area (Å²) in [6, 6.07) is 4.97. The van der Waals surface area contributed by atoms with Gasteiger partial charge < -0.3 is 5.73 Å². The summed E-state index contributed by atoms with van der Waals surface area (Å²) < 4.78 is 38.9. The summed E-state index contributed by atoms with van der Waals surface area (Å²) in [5.74, 6) is -0.564. The molecule has 0 atom stereocenters. The first-order chi connectivity index (χ1) is 9.79. The Morgan fingerprint density at radius 1 is 1.24 bits per heavy atom. The van der Waals surface area contributed by atoms with Gasteiger partial charge in [0.05, 0.1) is 23.0 Å². The van der Waals surface area contributed by atoms with Gasteiger partial charge in [0.25, 0.3) is 5.91 Å². The summed E-state index contributed by atoms with van der Waals surface area (Å²) in [5, 5.41) is 3.96. The fraction of sp³-hybridized carbons (Fsp3) is 0.286. The van der Waals surface area contributed by atoms with Crippen molar-refractivity contribution in [3.05, 3.63) is 52.8 Å². The van der Waals surface area contributed by atoms with E-state index in [9.17, 15) is 18.0 Å². The number of carbonyl (C=O) groups is 1. The molecule has 1 heterocycles. The Morgan fingerprint density at radius 3 is 2.38 bits per heavy atom. The average molecular weight is 297 g/mol. The van der Waals surface area contributed by atoms with Crippen LogP contribution in [0.5, 0.6) is 0 Å². The third kappa shape index (κ3) is 3.42. The van der Waals surface area contributed by atoms with Crippen molar-refractivity contribution in [1.29, 1.82) is 0 Å². The molecule has 1 aromatic carbocycles. The maximum Gasteiger partial charge on any atom is 0.416 e. The van der Waals surface area contributed by atoms with Crippen LogP contribution in [0, 0.1) is 0 Å². The maximum absolute atomic E-state index is 12.5. The van der Waals surface area contributed by atoms with Crippen molar-refractivity contribution in [2.45, 2.75) is 19.0 Å². The van der Waals surface area contributed by atoms with E-state index in [0.717, 1.165) is 17.7 Å². The van der Waals surface area contributed by atoms with Gasteiger partial charge in [0.2, 0.25) is 0 Å². The van der Waals surface area contributed by atoms with Gasteiger partial charge in [-0.05, 0) is 30.5 Å².